The molecule has 0 amide bonds. The van der Waals surface area contributed by atoms with Crippen molar-refractivity contribution in [2.75, 3.05) is 0 Å². The maximum Gasteiger partial charge on any atom is 0.166 e. The summed E-state index contributed by atoms with van der Waals surface area (Å²) in [5.41, 5.74) is 0. The fourth-order valence-corrected chi connectivity index (χ4v) is 11.4. The van der Waals surface area contributed by atoms with E-state index in [2.05, 4.69) is 231 Å². The molecule has 0 bridgehead atoms. The van der Waals surface area contributed by atoms with E-state index in [1.165, 1.54) is 49.0 Å². The number of rotatable bonds is 10. The number of halogens is 6. The van der Waals surface area contributed by atoms with Gasteiger partial charge in [0, 0.05) is 19.6 Å². The van der Waals surface area contributed by atoms with Crippen LogP contribution < -0.4 is 4.70 Å². The molecule has 0 spiro atoms. The Morgan fingerprint density at radius 2 is 0.424 bits per heavy atom. The third-order valence-electron chi connectivity index (χ3n) is 7.99. The molecule has 0 atom stereocenters. The Morgan fingerprint density at radius 3 is 0.644 bits per heavy atom. The third kappa shape index (κ3) is 15.6. The monoisotopic (exact) mass is 977 g/mol. The van der Waals surface area contributed by atoms with Crippen LogP contribution in [-0.2, 0) is 21.8 Å². The summed E-state index contributed by atoms with van der Waals surface area (Å²) in [5.74, 6) is 0. The molecule has 59 heavy (non-hydrogen) atoms. The second-order valence-electron chi connectivity index (χ2n) is 12.3. The van der Waals surface area contributed by atoms with Gasteiger partial charge >= 0.3 is 34.4 Å². The van der Waals surface area contributed by atoms with Gasteiger partial charge < -0.3 is 4.70 Å². The largest absolute Gasteiger partial charge is 0.166 e. The molecule has 0 saturated heterocycles. The van der Waals surface area contributed by atoms with Crippen molar-refractivity contribution in [1.29, 1.82) is 0 Å². The first kappa shape index (κ1) is 45.6. The van der Waals surface area contributed by atoms with Crippen LogP contribution in [0.4, 0.5) is 14.1 Å². The Morgan fingerprint density at radius 1 is 0.254 bits per heavy atom. The molecule has 8 aromatic rings. The summed E-state index contributed by atoms with van der Waals surface area (Å²) >= 11 is -5.58. The first-order valence-corrected chi connectivity index (χ1v) is 26.9. The van der Waals surface area contributed by atoms with E-state index in [4.69, 9.17) is 0 Å². The van der Waals surface area contributed by atoms with Gasteiger partial charge in [0.15, 0.2) is 29.4 Å². The van der Waals surface area contributed by atoms with E-state index in [0.29, 0.717) is 0 Å². The normalized spacial score (nSPS) is 11.5. The average Bonchev–Trinajstić information content (AvgIpc) is 3.24. The van der Waals surface area contributed by atoms with E-state index in [0.717, 1.165) is 0 Å². The standard InChI is InChI=1S/2C24H19S2.6FH.Sb/c2*1-4-10-20(11-5-1)25-21-16-18-24(19-17-21)26(22-12-6-2-7-13-22)23-14-8-3-9-15-23;;;;;;;/h2*1-19H;6*1H;/q2*+1;;;;;;;+5/p-6. The van der Waals surface area contributed by atoms with Gasteiger partial charge in [0.25, 0.3) is 0 Å². The van der Waals surface area contributed by atoms with Crippen LogP contribution in [0.2, 0.25) is 0 Å². The van der Waals surface area contributed by atoms with Gasteiger partial charge in [0.05, 0.1) is 21.8 Å². The maximum atomic E-state index is 9.91. The minimum absolute atomic E-state index is 0. The summed E-state index contributed by atoms with van der Waals surface area (Å²) in [7, 11) is -0.157. The van der Waals surface area contributed by atoms with E-state index in [1.54, 1.807) is 23.5 Å². The minimum atomic E-state index is -9.19. The summed E-state index contributed by atoms with van der Waals surface area (Å²) in [6.45, 7) is 0. The van der Waals surface area contributed by atoms with Crippen molar-refractivity contribution < 1.29 is 18.8 Å². The predicted molar refractivity (Wildman–Crippen MR) is 235 cm³/mol. The second-order valence-corrected chi connectivity index (χ2v) is 22.3. The molecule has 0 N–H and O–H groups in total. The molecule has 0 saturated carbocycles. The van der Waals surface area contributed by atoms with Crippen molar-refractivity contribution >= 4 is 65.6 Å². The number of hydrogen-bond acceptors (Lipinski definition) is 2. The fourth-order valence-electron chi connectivity index (χ4n) is 5.58. The quantitative estimate of drug-likeness (QED) is 0.0761. The van der Waals surface area contributed by atoms with Gasteiger partial charge in [-0.05, 0) is 121 Å². The van der Waals surface area contributed by atoms with Crippen molar-refractivity contribution in [3.63, 3.8) is 0 Å². The summed E-state index contributed by atoms with van der Waals surface area (Å²) in [5, 5.41) is 0. The van der Waals surface area contributed by atoms with Crippen LogP contribution in [0.15, 0.2) is 279 Å². The van der Waals surface area contributed by atoms with Crippen LogP contribution in [-0.4, -0.2) is 20.3 Å². The molecule has 0 aliphatic carbocycles. The van der Waals surface area contributed by atoms with Crippen molar-refractivity contribution in [2.45, 2.75) is 49.0 Å². The average molecular weight is 979 g/mol. The van der Waals surface area contributed by atoms with Crippen LogP contribution in [0, 0.1) is 0 Å². The zero-order valence-corrected chi connectivity index (χ0v) is 37.1. The van der Waals surface area contributed by atoms with Gasteiger partial charge in [-0.25, -0.2) is 0 Å². The topological polar surface area (TPSA) is 0 Å². The Kier molecular flexibility index (Phi) is 17.2. The first-order valence-electron chi connectivity index (χ1n) is 18.0. The molecule has 8 aromatic carbocycles. The fraction of sp³-hybridized carbons (Fsp3) is 0. The Labute approximate surface area is 361 Å². The molecule has 300 valence electrons. The Hall–Kier alpha value is -4.44. The molecule has 0 fully saturated rings. The van der Waals surface area contributed by atoms with Crippen molar-refractivity contribution in [3.05, 3.63) is 231 Å². The maximum absolute atomic E-state index is 9.91. The van der Waals surface area contributed by atoms with Crippen LogP contribution in [0.3, 0.4) is 0 Å². The smallest absolute Gasteiger partial charge is 0.0901 e. The van der Waals surface area contributed by atoms with E-state index >= 15 is 0 Å². The Bertz CT molecular complexity index is 2130. The molecule has 0 aliphatic heterocycles. The molecule has 0 heterocycles. The molecule has 0 nitrogen and oxygen atoms in total. The number of hydrogen-bond donors (Lipinski definition) is 0. The van der Waals surface area contributed by atoms with Crippen molar-refractivity contribution in [3.8, 4) is 0 Å². The SMILES string of the molecule is [F-].[F][Sb]([F])([F])([F])[F].c1ccc(Sc2ccc([S+](c3ccccc3)c3ccccc3)cc2)cc1.c1ccc(Sc2ccc([S+](c3ccccc3)c3ccccc3)cc2)cc1. The molecule has 0 unspecified atom stereocenters. The van der Waals surface area contributed by atoms with Crippen molar-refractivity contribution in [2.24, 2.45) is 0 Å². The van der Waals surface area contributed by atoms with Crippen molar-refractivity contribution in [1.82, 2.24) is 0 Å². The van der Waals surface area contributed by atoms with Crippen LogP contribution in [0.5, 0.6) is 0 Å². The summed E-state index contributed by atoms with van der Waals surface area (Å²) < 4.78 is 49.6. The van der Waals surface area contributed by atoms with Gasteiger partial charge in [-0.1, -0.05) is 133 Å². The third-order valence-corrected chi connectivity index (χ3v) is 14.5. The molecule has 0 radical (unpaired) electrons. The van der Waals surface area contributed by atoms with E-state index < -0.39 is 20.3 Å². The van der Waals surface area contributed by atoms with Crippen LogP contribution >= 0.6 is 23.5 Å². The molecular weight excluding hydrogens is 941 g/mol. The van der Waals surface area contributed by atoms with E-state index in [-0.39, 0.29) is 26.5 Å². The molecule has 0 aromatic heterocycles. The van der Waals surface area contributed by atoms with Gasteiger partial charge in [0.2, 0.25) is 0 Å². The molecule has 11 heteroatoms. The van der Waals surface area contributed by atoms with E-state index in [1.807, 2.05) is 0 Å². The van der Waals surface area contributed by atoms with Crippen LogP contribution in [0.25, 0.3) is 0 Å². The zero-order chi connectivity index (χ0) is 40.7. The first-order chi connectivity index (χ1) is 28.0. The van der Waals surface area contributed by atoms with E-state index in [9.17, 15) is 14.1 Å². The zero-order valence-electron chi connectivity index (χ0n) is 31.3. The summed E-state index contributed by atoms with van der Waals surface area (Å²) in [6.07, 6.45) is 0. The molecule has 0 aliphatic rings. The Balaban J connectivity index is 0.000000194. The second kappa shape index (κ2) is 22.2. The summed E-state index contributed by atoms with van der Waals surface area (Å²) in [4.78, 5) is 13.2. The molecular formula is C48H38F6S4Sb+. The van der Waals surface area contributed by atoms with Gasteiger partial charge in [-0.3, -0.25) is 0 Å². The minimum Gasteiger partial charge on any atom is -0.0901 e. The van der Waals surface area contributed by atoms with Gasteiger partial charge in [0.1, 0.15) is 0 Å². The predicted octanol–water partition coefficient (Wildman–Crippen LogP) is 12.6. The van der Waals surface area contributed by atoms with Crippen LogP contribution in [0.1, 0.15) is 0 Å². The number of benzene rings is 8. The summed E-state index contributed by atoms with van der Waals surface area (Å²) in [6, 6.07) is 82.2. The van der Waals surface area contributed by atoms with Gasteiger partial charge in [-0.15, -0.1) is 0 Å². The molecule has 8 rings (SSSR count). The van der Waals surface area contributed by atoms with Gasteiger partial charge in [-0.2, -0.15) is 0 Å².